The van der Waals surface area contributed by atoms with E-state index in [1.54, 1.807) is 65.8 Å². The number of nitrogens with zero attached hydrogens (tertiary/aromatic N) is 2. The molecule has 0 fully saturated rings. The maximum atomic E-state index is 12.8. The van der Waals surface area contributed by atoms with Crippen LogP contribution in [0.5, 0.6) is 0 Å². The molecule has 4 rings (SSSR count). The molecule has 0 atom stereocenters. The zero-order chi connectivity index (χ0) is 20.9. The molecule has 0 spiro atoms. The number of hydrogen-bond donors (Lipinski definition) is 2. The monoisotopic (exact) mass is 400 g/mol. The summed E-state index contributed by atoms with van der Waals surface area (Å²) in [6.45, 7) is 0.427. The van der Waals surface area contributed by atoms with Gasteiger partial charge in [-0.2, -0.15) is 0 Å². The number of nitrogens with one attached hydrogen (secondary N) is 2. The fourth-order valence-corrected chi connectivity index (χ4v) is 3.37. The number of aromatic nitrogens is 1. The minimum atomic E-state index is -0.345. The lowest BCUT2D eigenvalue weighted by atomic mass is 10.1. The van der Waals surface area contributed by atoms with E-state index >= 15 is 0 Å². The summed E-state index contributed by atoms with van der Waals surface area (Å²) in [5, 5.41) is 5.37. The van der Waals surface area contributed by atoms with Crippen molar-refractivity contribution in [3.8, 4) is 0 Å². The normalized spacial score (nSPS) is 12.2. The highest BCUT2D eigenvalue weighted by molar-refractivity contribution is 6.07. The first-order valence-electron chi connectivity index (χ1n) is 9.60. The first-order chi connectivity index (χ1) is 14.6. The van der Waals surface area contributed by atoms with E-state index in [0.717, 1.165) is 17.7 Å². The predicted molar refractivity (Wildman–Crippen MR) is 113 cm³/mol. The smallest absolute Gasteiger partial charge is 0.259 e. The van der Waals surface area contributed by atoms with Gasteiger partial charge >= 0.3 is 0 Å². The van der Waals surface area contributed by atoms with Gasteiger partial charge in [0, 0.05) is 35.9 Å². The second-order valence-corrected chi connectivity index (χ2v) is 6.89. The van der Waals surface area contributed by atoms with Crippen LogP contribution in [0.2, 0.25) is 0 Å². The standard InChI is InChI=1S/C23H20N4O3/c28-21(15-25-22(29)17-5-2-1-3-6-17)26-19-9-8-16-10-12-27(20(16)13-19)23(30)18-7-4-11-24-14-18/h1-9,11,13-14H,10,12,15H2,(H,25,29)(H,26,28). The molecule has 2 N–H and O–H groups in total. The molecule has 0 saturated heterocycles. The van der Waals surface area contributed by atoms with Gasteiger partial charge in [0.15, 0.2) is 0 Å². The number of benzene rings is 2. The molecular weight excluding hydrogens is 380 g/mol. The van der Waals surface area contributed by atoms with Gasteiger partial charge in [-0.1, -0.05) is 24.3 Å². The number of anilines is 2. The van der Waals surface area contributed by atoms with Gasteiger partial charge in [0.05, 0.1) is 12.1 Å². The van der Waals surface area contributed by atoms with Crippen molar-refractivity contribution < 1.29 is 14.4 Å². The topological polar surface area (TPSA) is 91.4 Å². The summed E-state index contributed by atoms with van der Waals surface area (Å²) in [6.07, 6.45) is 3.92. The van der Waals surface area contributed by atoms with E-state index in [-0.39, 0.29) is 24.3 Å². The zero-order valence-corrected chi connectivity index (χ0v) is 16.2. The summed E-state index contributed by atoms with van der Waals surface area (Å²) < 4.78 is 0. The van der Waals surface area contributed by atoms with E-state index in [1.165, 1.54) is 0 Å². The van der Waals surface area contributed by atoms with Gasteiger partial charge in [-0.25, -0.2) is 0 Å². The number of amides is 3. The van der Waals surface area contributed by atoms with Crippen molar-refractivity contribution in [2.75, 3.05) is 23.3 Å². The summed E-state index contributed by atoms with van der Waals surface area (Å²) in [4.78, 5) is 42.8. The van der Waals surface area contributed by atoms with Gasteiger partial charge in [-0.15, -0.1) is 0 Å². The summed E-state index contributed by atoms with van der Waals surface area (Å²) >= 11 is 0. The van der Waals surface area contributed by atoms with Crippen LogP contribution in [0.1, 0.15) is 26.3 Å². The molecule has 0 radical (unpaired) electrons. The molecule has 30 heavy (non-hydrogen) atoms. The Bertz CT molecular complexity index is 1080. The molecule has 2 aromatic carbocycles. The quantitative estimate of drug-likeness (QED) is 0.689. The van der Waals surface area contributed by atoms with E-state index < -0.39 is 0 Å². The molecule has 7 nitrogen and oxygen atoms in total. The Kier molecular flexibility index (Phi) is 5.52. The summed E-state index contributed by atoms with van der Waals surface area (Å²) in [5.74, 6) is -0.782. The molecule has 0 unspecified atom stereocenters. The molecule has 2 heterocycles. The Morgan fingerprint density at radius 1 is 0.967 bits per heavy atom. The van der Waals surface area contributed by atoms with Gasteiger partial charge < -0.3 is 15.5 Å². The van der Waals surface area contributed by atoms with Gasteiger partial charge in [0.25, 0.3) is 11.8 Å². The zero-order valence-electron chi connectivity index (χ0n) is 16.2. The van der Waals surface area contributed by atoms with Gasteiger partial charge in [-0.3, -0.25) is 19.4 Å². The lowest BCUT2D eigenvalue weighted by Crippen LogP contribution is -2.33. The first-order valence-corrected chi connectivity index (χ1v) is 9.60. The van der Waals surface area contributed by atoms with Crippen LogP contribution in [0.15, 0.2) is 73.1 Å². The average molecular weight is 400 g/mol. The van der Waals surface area contributed by atoms with E-state index in [4.69, 9.17) is 0 Å². The van der Waals surface area contributed by atoms with Crippen molar-refractivity contribution in [1.82, 2.24) is 10.3 Å². The maximum Gasteiger partial charge on any atom is 0.259 e. The fourth-order valence-electron chi connectivity index (χ4n) is 3.37. The molecule has 3 amide bonds. The maximum absolute atomic E-state index is 12.8. The van der Waals surface area contributed by atoms with Crippen LogP contribution in [-0.2, 0) is 11.2 Å². The van der Waals surface area contributed by atoms with Crippen LogP contribution >= 0.6 is 0 Å². The predicted octanol–water partition coefficient (Wildman–Crippen LogP) is 2.65. The van der Waals surface area contributed by atoms with E-state index in [1.807, 2.05) is 12.1 Å². The molecule has 0 saturated carbocycles. The van der Waals surface area contributed by atoms with Crippen LogP contribution in [0.3, 0.4) is 0 Å². The number of pyridine rings is 1. The van der Waals surface area contributed by atoms with Crippen LogP contribution in [-0.4, -0.2) is 35.8 Å². The van der Waals surface area contributed by atoms with Crippen molar-refractivity contribution in [2.45, 2.75) is 6.42 Å². The summed E-state index contributed by atoms with van der Waals surface area (Å²) in [6, 6.07) is 17.7. The molecule has 0 aliphatic carbocycles. The largest absolute Gasteiger partial charge is 0.343 e. The Hall–Kier alpha value is -4.00. The van der Waals surface area contributed by atoms with Crippen LogP contribution in [0.4, 0.5) is 11.4 Å². The molecule has 1 aliphatic rings. The number of hydrogen-bond acceptors (Lipinski definition) is 4. The SMILES string of the molecule is O=C(CNC(=O)c1ccccc1)Nc1ccc2c(c1)N(C(=O)c1cccnc1)CC2. The van der Waals surface area contributed by atoms with Crippen molar-refractivity contribution in [3.63, 3.8) is 0 Å². The summed E-state index contributed by atoms with van der Waals surface area (Å²) in [7, 11) is 0. The van der Waals surface area contributed by atoms with Crippen LogP contribution in [0.25, 0.3) is 0 Å². The van der Waals surface area contributed by atoms with E-state index in [9.17, 15) is 14.4 Å². The molecule has 0 bridgehead atoms. The van der Waals surface area contributed by atoms with Gasteiger partial charge in [0.2, 0.25) is 5.91 Å². The fraction of sp³-hybridized carbons (Fsp3) is 0.130. The molecule has 1 aromatic heterocycles. The Labute approximate surface area is 173 Å². The Morgan fingerprint density at radius 2 is 1.77 bits per heavy atom. The minimum Gasteiger partial charge on any atom is -0.343 e. The van der Waals surface area contributed by atoms with Crippen LogP contribution in [0, 0.1) is 0 Å². The lowest BCUT2D eigenvalue weighted by molar-refractivity contribution is -0.115. The van der Waals surface area contributed by atoms with Gasteiger partial charge in [-0.05, 0) is 48.4 Å². The van der Waals surface area contributed by atoms with Gasteiger partial charge in [0.1, 0.15) is 0 Å². The number of rotatable bonds is 5. The van der Waals surface area contributed by atoms with E-state index in [0.29, 0.717) is 23.4 Å². The number of carbonyl (C=O) groups excluding carboxylic acids is 3. The molecule has 150 valence electrons. The second-order valence-electron chi connectivity index (χ2n) is 6.89. The highest BCUT2D eigenvalue weighted by Crippen LogP contribution is 2.32. The Balaban J connectivity index is 1.41. The van der Waals surface area contributed by atoms with Crippen molar-refractivity contribution >= 4 is 29.1 Å². The second kappa shape index (κ2) is 8.57. The number of carbonyl (C=O) groups is 3. The average Bonchev–Trinajstić information content (AvgIpc) is 3.21. The highest BCUT2D eigenvalue weighted by atomic mass is 16.2. The molecular formula is C23H20N4O3. The third kappa shape index (κ3) is 4.20. The number of fused-ring (bicyclic) bond motifs is 1. The van der Waals surface area contributed by atoms with Crippen LogP contribution < -0.4 is 15.5 Å². The molecule has 7 heteroatoms. The summed E-state index contributed by atoms with van der Waals surface area (Å²) in [5.41, 5.74) is 3.40. The molecule has 3 aromatic rings. The lowest BCUT2D eigenvalue weighted by Gasteiger charge is -2.18. The Morgan fingerprint density at radius 3 is 2.53 bits per heavy atom. The molecule has 1 aliphatic heterocycles. The third-order valence-electron chi connectivity index (χ3n) is 4.86. The minimum absolute atomic E-state index is 0.125. The van der Waals surface area contributed by atoms with E-state index in [2.05, 4.69) is 15.6 Å². The van der Waals surface area contributed by atoms with Crippen molar-refractivity contribution in [1.29, 1.82) is 0 Å². The third-order valence-corrected chi connectivity index (χ3v) is 4.86. The first kappa shape index (κ1) is 19.3. The van der Waals surface area contributed by atoms with Crippen molar-refractivity contribution in [2.24, 2.45) is 0 Å². The highest BCUT2D eigenvalue weighted by Gasteiger charge is 2.26. The van der Waals surface area contributed by atoms with Crippen molar-refractivity contribution in [3.05, 3.63) is 89.7 Å².